The van der Waals surface area contributed by atoms with Gasteiger partial charge in [0.05, 0.1) is 0 Å². The van der Waals surface area contributed by atoms with Gasteiger partial charge in [0.15, 0.2) is 12.7 Å². The lowest BCUT2D eigenvalue weighted by Gasteiger charge is -2.18. The van der Waals surface area contributed by atoms with Crippen LogP contribution in [-0.4, -0.2) is 31.1 Å². The standard InChI is InChI=1S/C19H24N2OS2/c1-16(19-5-3-4-10-21(19)11-13-22)15-17-6-8-18(9-7-17)20(2)12-14-24-23/h3-10,15,22H,11-14H2,1-2H3/p+1. The predicted octanol–water partition coefficient (Wildman–Crippen LogP) is 3.54. The van der Waals surface area contributed by atoms with Crippen molar-refractivity contribution in [2.45, 2.75) is 13.5 Å². The third kappa shape index (κ3) is 5.30. The Morgan fingerprint density at radius 3 is 2.67 bits per heavy atom. The molecule has 0 fully saturated rings. The highest BCUT2D eigenvalue weighted by atomic mass is 33.1. The highest BCUT2D eigenvalue weighted by molar-refractivity contribution is 8.68. The first-order valence-corrected chi connectivity index (χ1v) is 10.0. The largest absolute Gasteiger partial charge is 0.390 e. The normalized spacial score (nSPS) is 11.6. The van der Waals surface area contributed by atoms with Gasteiger partial charge in [0.1, 0.15) is 6.61 Å². The summed E-state index contributed by atoms with van der Waals surface area (Å²) >= 11 is 4.18. The van der Waals surface area contributed by atoms with Crippen LogP contribution in [0.1, 0.15) is 18.2 Å². The van der Waals surface area contributed by atoms with Gasteiger partial charge in [0.25, 0.3) is 0 Å². The Labute approximate surface area is 153 Å². The molecule has 2 rings (SSSR count). The highest BCUT2D eigenvalue weighted by Gasteiger charge is 2.10. The molecule has 0 bridgehead atoms. The van der Waals surface area contributed by atoms with Crippen LogP contribution < -0.4 is 9.47 Å². The maximum Gasteiger partial charge on any atom is 0.208 e. The maximum absolute atomic E-state index is 9.21. The third-order valence-electron chi connectivity index (χ3n) is 3.92. The lowest BCUT2D eigenvalue weighted by atomic mass is 10.1. The third-order valence-corrected chi connectivity index (χ3v) is 4.83. The van der Waals surface area contributed by atoms with E-state index in [1.54, 1.807) is 10.8 Å². The fraction of sp³-hybridized carbons (Fsp3) is 0.316. The maximum atomic E-state index is 9.21. The van der Waals surface area contributed by atoms with E-state index < -0.39 is 0 Å². The van der Waals surface area contributed by atoms with Gasteiger partial charge in [-0.05, 0) is 36.8 Å². The van der Waals surface area contributed by atoms with Crippen molar-refractivity contribution < 1.29 is 9.67 Å². The molecule has 0 saturated carbocycles. The summed E-state index contributed by atoms with van der Waals surface area (Å²) in [4.78, 5) is 2.23. The molecule has 2 aromatic rings. The minimum Gasteiger partial charge on any atom is -0.390 e. The molecule has 1 aromatic heterocycles. The van der Waals surface area contributed by atoms with Gasteiger partial charge >= 0.3 is 0 Å². The molecule has 0 radical (unpaired) electrons. The first-order chi connectivity index (χ1) is 11.7. The molecule has 0 aliphatic rings. The van der Waals surface area contributed by atoms with E-state index in [1.807, 2.05) is 18.3 Å². The van der Waals surface area contributed by atoms with E-state index >= 15 is 0 Å². The number of benzene rings is 1. The minimum atomic E-state index is 0.139. The van der Waals surface area contributed by atoms with Gasteiger partial charge in [0, 0.05) is 42.7 Å². The van der Waals surface area contributed by atoms with Gasteiger partial charge < -0.3 is 10.0 Å². The molecular formula is C19H25N2OS2+. The molecule has 1 heterocycles. The van der Waals surface area contributed by atoms with Crippen LogP contribution in [0.4, 0.5) is 5.69 Å². The number of rotatable bonds is 8. The van der Waals surface area contributed by atoms with E-state index in [9.17, 15) is 5.11 Å². The fourth-order valence-corrected chi connectivity index (χ4v) is 3.19. The molecule has 1 aromatic carbocycles. The average molecular weight is 362 g/mol. The Kier molecular flexibility index (Phi) is 7.69. The van der Waals surface area contributed by atoms with E-state index in [4.69, 9.17) is 0 Å². The summed E-state index contributed by atoms with van der Waals surface area (Å²) in [5.41, 5.74) is 4.69. The SMILES string of the molecule is C/C(=C\c1ccc(N(C)CCSS)cc1)c1cccc[n+]1CCO. The molecule has 0 unspecified atom stereocenters. The number of aromatic nitrogens is 1. The van der Waals surface area contributed by atoms with E-state index in [-0.39, 0.29) is 6.61 Å². The number of pyridine rings is 1. The van der Waals surface area contributed by atoms with Crippen molar-refractivity contribution in [1.82, 2.24) is 0 Å². The summed E-state index contributed by atoms with van der Waals surface area (Å²) in [6.07, 6.45) is 4.18. The topological polar surface area (TPSA) is 27.4 Å². The number of aliphatic hydroxyl groups excluding tert-OH is 1. The molecule has 3 nitrogen and oxygen atoms in total. The Hall–Kier alpha value is -1.43. The second-order valence-electron chi connectivity index (χ2n) is 5.68. The van der Waals surface area contributed by atoms with Gasteiger partial charge in [-0.3, -0.25) is 0 Å². The van der Waals surface area contributed by atoms with E-state index in [0.717, 1.165) is 18.0 Å². The molecule has 0 aliphatic carbocycles. The highest BCUT2D eigenvalue weighted by Crippen LogP contribution is 2.19. The van der Waals surface area contributed by atoms with Crippen LogP contribution in [0, 0.1) is 0 Å². The molecule has 5 heteroatoms. The van der Waals surface area contributed by atoms with Crippen LogP contribution >= 0.6 is 22.5 Å². The predicted molar refractivity (Wildman–Crippen MR) is 108 cm³/mol. The fourth-order valence-electron chi connectivity index (χ4n) is 2.59. The van der Waals surface area contributed by atoms with Crippen LogP contribution in [0.15, 0.2) is 48.7 Å². The first-order valence-electron chi connectivity index (χ1n) is 8.01. The van der Waals surface area contributed by atoms with Gasteiger partial charge in [-0.2, -0.15) is 4.57 Å². The summed E-state index contributed by atoms with van der Waals surface area (Å²) in [5.74, 6) is 0.999. The van der Waals surface area contributed by atoms with Crippen molar-refractivity contribution in [2.24, 2.45) is 0 Å². The minimum absolute atomic E-state index is 0.139. The number of hydrogen-bond donors (Lipinski definition) is 2. The molecule has 0 atom stereocenters. The molecule has 128 valence electrons. The molecule has 0 aliphatic heterocycles. The van der Waals surface area contributed by atoms with Crippen LogP contribution in [0.2, 0.25) is 0 Å². The number of allylic oxidation sites excluding steroid dienone is 1. The van der Waals surface area contributed by atoms with Crippen molar-refractivity contribution in [3.8, 4) is 0 Å². The van der Waals surface area contributed by atoms with Crippen LogP contribution in [0.25, 0.3) is 11.6 Å². The second-order valence-corrected chi connectivity index (χ2v) is 7.12. The van der Waals surface area contributed by atoms with E-state index in [1.165, 1.54) is 16.8 Å². The summed E-state index contributed by atoms with van der Waals surface area (Å²) in [6, 6.07) is 14.7. The molecule has 24 heavy (non-hydrogen) atoms. The number of hydrogen-bond acceptors (Lipinski definition) is 4. The van der Waals surface area contributed by atoms with Crippen molar-refractivity contribution in [3.63, 3.8) is 0 Å². The zero-order chi connectivity index (χ0) is 17.4. The molecular weight excluding hydrogens is 336 g/mol. The van der Waals surface area contributed by atoms with Crippen molar-refractivity contribution in [1.29, 1.82) is 0 Å². The zero-order valence-corrected chi connectivity index (χ0v) is 15.9. The van der Waals surface area contributed by atoms with Crippen molar-refractivity contribution in [3.05, 3.63) is 59.9 Å². The van der Waals surface area contributed by atoms with Crippen molar-refractivity contribution >= 4 is 39.8 Å². The summed E-state index contributed by atoms with van der Waals surface area (Å²) in [6.45, 7) is 3.83. The first kappa shape index (κ1) is 18.9. The monoisotopic (exact) mass is 361 g/mol. The summed E-state index contributed by atoms with van der Waals surface area (Å²) < 4.78 is 2.07. The zero-order valence-electron chi connectivity index (χ0n) is 14.2. The van der Waals surface area contributed by atoms with Gasteiger partial charge in [0.2, 0.25) is 5.69 Å². The Balaban J connectivity index is 2.16. The van der Waals surface area contributed by atoms with Gasteiger partial charge in [-0.25, -0.2) is 0 Å². The van der Waals surface area contributed by atoms with Crippen LogP contribution in [0.5, 0.6) is 0 Å². The van der Waals surface area contributed by atoms with Crippen LogP contribution in [0.3, 0.4) is 0 Å². The summed E-state index contributed by atoms with van der Waals surface area (Å²) in [5, 5.41) is 9.21. The Morgan fingerprint density at radius 1 is 1.25 bits per heavy atom. The van der Waals surface area contributed by atoms with Crippen LogP contribution in [-0.2, 0) is 6.54 Å². The van der Waals surface area contributed by atoms with Crippen molar-refractivity contribution in [2.75, 3.05) is 30.9 Å². The Bertz CT molecular complexity index is 671. The number of thiol groups is 1. The average Bonchev–Trinajstić information content (AvgIpc) is 2.61. The van der Waals surface area contributed by atoms with E-state index in [0.29, 0.717) is 6.54 Å². The number of nitrogens with zero attached hydrogens (tertiary/aromatic N) is 2. The second kappa shape index (κ2) is 9.77. The van der Waals surface area contributed by atoms with Gasteiger partial charge in [-0.15, -0.1) is 11.7 Å². The molecule has 0 amide bonds. The van der Waals surface area contributed by atoms with Gasteiger partial charge in [-0.1, -0.05) is 22.9 Å². The molecule has 0 spiro atoms. The lowest BCUT2D eigenvalue weighted by Crippen LogP contribution is -2.38. The van der Waals surface area contributed by atoms with E-state index in [2.05, 4.69) is 71.5 Å². The number of anilines is 1. The molecule has 0 saturated heterocycles. The quantitative estimate of drug-likeness (QED) is 0.428. The number of aliphatic hydroxyl groups is 1. The Morgan fingerprint density at radius 2 is 2.00 bits per heavy atom. The smallest absolute Gasteiger partial charge is 0.208 e. The lowest BCUT2D eigenvalue weighted by molar-refractivity contribution is -0.700. The summed E-state index contributed by atoms with van der Waals surface area (Å²) in [7, 11) is 3.66. The molecule has 1 N–H and O–H groups in total.